The van der Waals surface area contributed by atoms with E-state index in [1.54, 1.807) is 0 Å². The fourth-order valence-electron chi connectivity index (χ4n) is 0. The molecule has 0 saturated heterocycles. The van der Waals surface area contributed by atoms with E-state index in [9.17, 15) is 0 Å². The van der Waals surface area contributed by atoms with Gasteiger partial charge in [-0.05, 0) is 6.16 Å². The predicted octanol–water partition coefficient (Wildman–Crippen LogP) is 1.35. The van der Waals surface area contributed by atoms with Crippen LogP contribution in [-0.4, -0.2) is 6.16 Å². The van der Waals surface area contributed by atoms with E-state index in [2.05, 4.69) is 15.8 Å². The Balaban J connectivity index is -0.0000000450. The highest BCUT2D eigenvalue weighted by atomic mass is 31.0. The Morgan fingerprint density at radius 1 is 1.50 bits per heavy atom. The molecule has 3 heteroatoms. The summed E-state index contributed by atoms with van der Waals surface area (Å²) in [5, 5.41) is 0. The summed E-state index contributed by atoms with van der Waals surface area (Å²) in [4.78, 5) is 0. The third kappa shape index (κ3) is 34.9. The Labute approximate surface area is 38.6 Å². The van der Waals surface area contributed by atoms with Crippen LogP contribution in [0.1, 0.15) is 0 Å². The van der Waals surface area contributed by atoms with Gasteiger partial charge >= 0.3 is 0 Å². The highest BCUT2D eigenvalue weighted by Gasteiger charge is 1.44. The van der Waals surface area contributed by atoms with Crippen molar-refractivity contribution in [2.75, 3.05) is 6.16 Å². The minimum Gasteiger partial charge on any atom is -0.269 e. The Kier molecular flexibility index (Phi) is 54.9. The van der Waals surface area contributed by atoms with Crippen molar-refractivity contribution in [3.05, 3.63) is 12.7 Å². The highest BCUT2D eigenvalue weighted by molar-refractivity contribution is 7.16. The van der Waals surface area contributed by atoms with Crippen LogP contribution in [0.15, 0.2) is 12.7 Å². The second-order valence-corrected chi connectivity index (χ2v) is 0.996. The molecule has 0 N–H and O–H groups in total. The molecule has 0 fully saturated rings. The molecule has 0 radical (unpaired) electrons. The van der Waals surface area contributed by atoms with Gasteiger partial charge in [-0.2, -0.15) is 0 Å². The lowest BCUT2D eigenvalue weighted by Gasteiger charge is -1.58. The van der Waals surface area contributed by atoms with Crippen molar-refractivity contribution in [3.8, 4) is 0 Å². The molecule has 0 rings (SSSR count). The minimum atomic E-state index is 0. The number of rotatable bonds is 1. The van der Waals surface area contributed by atoms with Gasteiger partial charge in [-0.15, -0.1) is 15.8 Å². The molecule has 0 aliphatic carbocycles. The number of hydrogen-bond donors (Lipinski definition) is 0. The molecular formula is C3H9F2P. The summed E-state index contributed by atoms with van der Waals surface area (Å²) < 4.78 is 0. The van der Waals surface area contributed by atoms with E-state index in [1.165, 1.54) is 0 Å². The van der Waals surface area contributed by atoms with Crippen LogP contribution in [0.25, 0.3) is 0 Å². The molecule has 0 aromatic carbocycles. The summed E-state index contributed by atoms with van der Waals surface area (Å²) in [6.45, 7) is 3.46. The van der Waals surface area contributed by atoms with Gasteiger partial charge in [0.15, 0.2) is 0 Å². The smallest absolute Gasteiger partial charge is 0.0203 e. The fourth-order valence-corrected chi connectivity index (χ4v) is 0. The van der Waals surface area contributed by atoms with Gasteiger partial charge in [0.25, 0.3) is 0 Å². The standard InChI is InChI=1S/C3H7P.2FH/c1-2-3-4;;/h2H,1,3-4H2;2*1H. The van der Waals surface area contributed by atoms with Gasteiger partial charge in [0, 0.05) is 0 Å². The molecule has 0 heterocycles. The predicted molar refractivity (Wildman–Crippen MR) is 29.8 cm³/mol. The molecule has 0 bridgehead atoms. The zero-order valence-corrected chi connectivity index (χ0v) is 4.54. The van der Waals surface area contributed by atoms with E-state index in [0.29, 0.717) is 0 Å². The number of allylic oxidation sites excluding steroid dienone is 1. The first kappa shape index (κ1) is 16.6. The van der Waals surface area contributed by atoms with Crippen molar-refractivity contribution in [2.45, 2.75) is 0 Å². The molecule has 40 valence electrons. The normalized spacial score (nSPS) is 4.17. The Hall–Kier alpha value is 0.0300. The van der Waals surface area contributed by atoms with Crippen LogP contribution in [0.5, 0.6) is 0 Å². The van der Waals surface area contributed by atoms with Crippen LogP contribution in [0.2, 0.25) is 0 Å². The van der Waals surface area contributed by atoms with Crippen LogP contribution < -0.4 is 0 Å². The maximum absolute atomic E-state index is 3.46. The Bertz CT molecular complexity index is 22.8. The zero-order chi connectivity index (χ0) is 3.41. The maximum Gasteiger partial charge on any atom is -0.0203 e. The van der Waals surface area contributed by atoms with Gasteiger partial charge < -0.3 is 0 Å². The van der Waals surface area contributed by atoms with Gasteiger partial charge in [-0.1, -0.05) is 6.08 Å². The topological polar surface area (TPSA) is 0 Å². The van der Waals surface area contributed by atoms with Gasteiger partial charge in [0.1, 0.15) is 0 Å². The lowest BCUT2D eigenvalue weighted by atomic mass is 10.8. The third-order valence-corrected chi connectivity index (χ3v) is 0.500. The maximum atomic E-state index is 3.46. The molecule has 0 aliphatic rings. The highest BCUT2D eigenvalue weighted by Crippen LogP contribution is 1.74. The SMILES string of the molecule is C=CCP.F.F. The van der Waals surface area contributed by atoms with Gasteiger partial charge in [-0.25, -0.2) is 0 Å². The Morgan fingerprint density at radius 2 is 1.67 bits per heavy atom. The van der Waals surface area contributed by atoms with Crippen molar-refractivity contribution < 1.29 is 9.41 Å². The van der Waals surface area contributed by atoms with E-state index in [0.717, 1.165) is 6.16 Å². The van der Waals surface area contributed by atoms with Crippen LogP contribution in [0, 0.1) is 0 Å². The van der Waals surface area contributed by atoms with Crippen molar-refractivity contribution in [1.29, 1.82) is 0 Å². The molecular weight excluding hydrogens is 105 g/mol. The molecule has 6 heavy (non-hydrogen) atoms. The molecule has 0 amide bonds. The lowest BCUT2D eigenvalue weighted by Crippen LogP contribution is -1.43. The van der Waals surface area contributed by atoms with Crippen molar-refractivity contribution in [2.24, 2.45) is 0 Å². The molecule has 1 unspecified atom stereocenters. The first-order valence-electron chi connectivity index (χ1n) is 1.22. The van der Waals surface area contributed by atoms with Crippen LogP contribution >= 0.6 is 9.24 Å². The second-order valence-electron chi connectivity index (χ2n) is 0.524. The molecule has 0 aromatic rings. The van der Waals surface area contributed by atoms with Crippen LogP contribution in [-0.2, 0) is 0 Å². The monoisotopic (exact) mass is 114 g/mol. The number of hydrogen-bond acceptors (Lipinski definition) is 0. The second kappa shape index (κ2) is 19.8. The molecule has 0 aliphatic heterocycles. The summed E-state index contributed by atoms with van der Waals surface area (Å²) in [5.74, 6) is 0. The van der Waals surface area contributed by atoms with Crippen molar-refractivity contribution in [3.63, 3.8) is 0 Å². The van der Waals surface area contributed by atoms with Gasteiger partial charge in [-0.3, -0.25) is 9.41 Å². The van der Waals surface area contributed by atoms with Gasteiger partial charge in [0.2, 0.25) is 0 Å². The third-order valence-electron chi connectivity index (χ3n) is 0.167. The summed E-state index contributed by atoms with van der Waals surface area (Å²) in [6.07, 6.45) is 2.84. The molecule has 0 saturated carbocycles. The lowest BCUT2D eigenvalue weighted by molar-refractivity contribution is 1.11. The van der Waals surface area contributed by atoms with E-state index in [1.807, 2.05) is 6.08 Å². The minimum absolute atomic E-state index is 0. The summed E-state index contributed by atoms with van der Waals surface area (Å²) in [6, 6.07) is 0. The first-order chi connectivity index (χ1) is 1.91. The van der Waals surface area contributed by atoms with E-state index < -0.39 is 0 Å². The van der Waals surface area contributed by atoms with E-state index >= 15 is 0 Å². The largest absolute Gasteiger partial charge is 0.269 e. The van der Waals surface area contributed by atoms with Crippen molar-refractivity contribution in [1.82, 2.24) is 0 Å². The summed E-state index contributed by atoms with van der Waals surface area (Å²) in [5.41, 5.74) is 0. The van der Waals surface area contributed by atoms with Gasteiger partial charge in [0.05, 0.1) is 0 Å². The fraction of sp³-hybridized carbons (Fsp3) is 0.333. The first-order valence-corrected chi connectivity index (χ1v) is 2.04. The zero-order valence-electron chi connectivity index (χ0n) is 3.39. The average Bonchev–Trinajstić information content (AvgIpc) is 1.37. The Morgan fingerprint density at radius 3 is 1.67 bits per heavy atom. The van der Waals surface area contributed by atoms with Crippen LogP contribution in [0.4, 0.5) is 9.41 Å². The molecule has 0 nitrogen and oxygen atoms in total. The molecule has 1 atom stereocenters. The molecule has 0 aromatic heterocycles. The number of halogens is 2. The van der Waals surface area contributed by atoms with Crippen molar-refractivity contribution >= 4 is 9.24 Å². The van der Waals surface area contributed by atoms with Crippen LogP contribution in [0.3, 0.4) is 0 Å². The summed E-state index contributed by atoms with van der Waals surface area (Å²) >= 11 is 0. The van der Waals surface area contributed by atoms with E-state index in [4.69, 9.17) is 0 Å². The molecule has 0 spiro atoms. The quantitative estimate of drug-likeness (QED) is 0.356. The summed E-state index contributed by atoms with van der Waals surface area (Å²) in [7, 11) is 2.54. The average molecular weight is 114 g/mol. The van der Waals surface area contributed by atoms with E-state index in [-0.39, 0.29) is 9.41 Å².